The third-order valence-corrected chi connectivity index (χ3v) is 3.26. The summed E-state index contributed by atoms with van der Waals surface area (Å²) < 4.78 is 12.9. The Hall–Kier alpha value is -2.36. The topological polar surface area (TPSA) is 49.3 Å². The fraction of sp³-hybridized carbons (Fsp3) is 0.235. The van der Waals surface area contributed by atoms with E-state index >= 15 is 0 Å². The second-order valence-corrected chi connectivity index (χ2v) is 5.23. The molecular weight excluding hydrogens is 269 g/mol. The molecule has 1 unspecified atom stereocenters. The second-order valence-electron chi connectivity index (χ2n) is 5.23. The lowest BCUT2D eigenvalue weighted by Gasteiger charge is -2.17. The van der Waals surface area contributed by atoms with E-state index in [1.165, 1.54) is 12.1 Å². The van der Waals surface area contributed by atoms with Gasteiger partial charge in [-0.3, -0.25) is 0 Å². The number of rotatable bonds is 5. The molecule has 0 heterocycles. The van der Waals surface area contributed by atoms with E-state index < -0.39 is 5.97 Å². The largest absolute Gasteiger partial charge is 0.478 e. The van der Waals surface area contributed by atoms with Gasteiger partial charge in [-0.05, 0) is 50.1 Å². The van der Waals surface area contributed by atoms with Gasteiger partial charge < -0.3 is 10.4 Å². The van der Waals surface area contributed by atoms with Crippen LogP contribution < -0.4 is 5.32 Å². The molecule has 0 bridgehead atoms. The molecule has 2 rings (SSSR count). The molecule has 2 N–H and O–H groups in total. The zero-order chi connectivity index (χ0) is 15.4. The van der Waals surface area contributed by atoms with E-state index in [1.807, 2.05) is 19.9 Å². The molecule has 0 aliphatic rings. The standard InChI is InChI=1S/C17H18FNO2/c1-11-3-8-16(15(9-11)17(20)21)19-12(2)10-13-4-6-14(18)7-5-13/h3-9,12,19H,10H2,1-2H3,(H,20,21). The first-order valence-electron chi connectivity index (χ1n) is 6.80. The Balaban J connectivity index is 2.10. The number of carboxylic acid groups (broad SMARTS) is 1. The number of aryl methyl sites for hydroxylation is 1. The monoisotopic (exact) mass is 287 g/mol. The second kappa shape index (κ2) is 6.39. The quantitative estimate of drug-likeness (QED) is 0.877. The molecule has 110 valence electrons. The van der Waals surface area contributed by atoms with Crippen LogP contribution >= 0.6 is 0 Å². The first-order chi connectivity index (χ1) is 9.95. The lowest BCUT2D eigenvalue weighted by atomic mass is 10.0. The first-order valence-corrected chi connectivity index (χ1v) is 6.80. The molecule has 0 spiro atoms. The maximum atomic E-state index is 12.9. The Bertz CT molecular complexity index is 638. The summed E-state index contributed by atoms with van der Waals surface area (Å²) in [5.41, 5.74) is 2.77. The van der Waals surface area contributed by atoms with Crippen LogP contribution in [0.3, 0.4) is 0 Å². The number of hydrogen-bond donors (Lipinski definition) is 2. The van der Waals surface area contributed by atoms with E-state index in [4.69, 9.17) is 0 Å². The molecular formula is C17H18FNO2. The minimum atomic E-state index is -0.949. The van der Waals surface area contributed by atoms with Crippen LogP contribution in [0.4, 0.5) is 10.1 Å². The van der Waals surface area contributed by atoms with Crippen LogP contribution in [0.15, 0.2) is 42.5 Å². The average molecular weight is 287 g/mol. The maximum absolute atomic E-state index is 12.9. The van der Waals surface area contributed by atoms with Gasteiger partial charge in [-0.2, -0.15) is 0 Å². The third kappa shape index (κ3) is 4.05. The van der Waals surface area contributed by atoms with Crippen molar-refractivity contribution in [1.29, 1.82) is 0 Å². The fourth-order valence-electron chi connectivity index (χ4n) is 2.25. The smallest absolute Gasteiger partial charge is 0.337 e. The highest BCUT2D eigenvalue weighted by Crippen LogP contribution is 2.19. The van der Waals surface area contributed by atoms with E-state index in [1.54, 1.807) is 24.3 Å². The molecule has 0 amide bonds. The highest BCUT2D eigenvalue weighted by Gasteiger charge is 2.12. The van der Waals surface area contributed by atoms with Gasteiger partial charge in [0.25, 0.3) is 0 Å². The molecule has 21 heavy (non-hydrogen) atoms. The molecule has 0 radical (unpaired) electrons. The Morgan fingerprint density at radius 1 is 1.24 bits per heavy atom. The molecule has 0 saturated heterocycles. The van der Waals surface area contributed by atoms with Crippen molar-refractivity contribution >= 4 is 11.7 Å². The molecule has 1 atom stereocenters. The SMILES string of the molecule is Cc1ccc(NC(C)Cc2ccc(F)cc2)c(C(=O)O)c1. The zero-order valence-corrected chi connectivity index (χ0v) is 12.1. The first kappa shape index (κ1) is 15.0. The van der Waals surface area contributed by atoms with E-state index in [2.05, 4.69) is 5.32 Å². The molecule has 2 aromatic rings. The number of carbonyl (C=O) groups is 1. The third-order valence-electron chi connectivity index (χ3n) is 3.26. The van der Waals surface area contributed by atoms with Crippen molar-refractivity contribution < 1.29 is 14.3 Å². The van der Waals surface area contributed by atoms with Crippen molar-refractivity contribution in [3.8, 4) is 0 Å². The Morgan fingerprint density at radius 2 is 1.90 bits per heavy atom. The highest BCUT2D eigenvalue weighted by atomic mass is 19.1. The van der Waals surface area contributed by atoms with Gasteiger partial charge in [0, 0.05) is 11.7 Å². The number of benzene rings is 2. The van der Waals surface area contributed by atoms with Gasteiger partial charge in [0.05, 0.1) is 5.56 Å². The molecule has 0 fully saturated rings. The maximum Gasteiger partial charge on any atom is 0.337 e. The summed E-state index contributed by atoms with van der Waals surface area (Å²) in [6.45, 7) is 3.83. The minimum Gasteiger partial charge on any atom is -0.478 e. The number of halogens is 1. The van der Waals surface area contributed by atoms with Crippen molar-refractivity contribution in [2.45, 2.75) is 26.3 Å². The van der Waals surface area contributed by atoms with Gasteiger partial charge in [0.2, 0.25) is 0 Å². The summed E-state index contributed by atoms with van der Waals surface area (Å²) in [6.07, 6.45) is 0.688. The van der Waals surface area contributed by atoms with E-state index in [0.29, 0.717) is 12.1 Å². The van der Waals surface area contributed by atoms with Crippen molar-refractivity contribution in [2.24, 2.45) is 0 Å². The average Bonchev–Trinajstić information content (AvgIpc) is 2.43. The van der Waals surface area contributed by atoms with Crippen LogP contribution in [0.25, 0.3) is 0 Å². The van der Waals surface area contributed by atoms with Crippen LogP contribution in [-0.4, -0.2) is 17.1 Å². The summed E-state index contributed by atoms with van der Waals surface area (Å²) in [4.78, 5) is 11.3. The molecule has 0 aromatic heterocycles. The van der Waals surface area contributed by atoms with E-state index in [-0.39, 0.29) is 17.4 Å². The summed E-state index contributed by atoms with van der Waals surface area (Å²) >= 11 is 0. The predicted molar refractivity (Wildman–Crippen MR) is 81.3 cm³/mol. The number of aromatic carboxylic acids is 1. The number of carboxylic acids is 1. The molecule has 2 aromatic carbocycles. The summed E-state index contributed by atoms with van der Waals surface area (Å²) in [7, 11) is 0. The van der Waals surface area contributed by atoms with Gasteiger partial charge >= 0.3 is 5.97 Å². The number of hydrogen-bond acceptors (Lipinski definition) is 2. The van der Waals surface area contributed by atoms with Crippen molar-refractivity contribution in [3.05, 3.63) is 65.0 Å². The van der Waals surface area contributed by atoms with Gasteiger partial charge in [-0.25, -0.2) is 9.18 Å². The van der Waals surface area contributed by atoms with Gasteiger partial charge in [0.15, 0.2) is 0 Å². The fourth-order valence-corrected chi connectivity index (χ4v) is 2.25. The lowest BCUT2D eigenvalue weighted by Crippen LogP contribution is -2.20. The molecule has 4 heteroatoms. The Labute approximate surface area is 123 Å². The number of nitrogens with one attached hydrogen (secondary N) is 1. The Kier molecular flexibility index (Phi) is 4.58. The number of anilines is 1. The van der Waals surface area contributed by atoms with Gasteiger partial charge in [0.1, 0.15) is 5.82 Å². The predicted octanol–water partition coefficient (Wildman–Crippen LogP) is 3.88. The summed E-state index contributed by atoms with van der Waals surface area (Å²) in [6, 6.07) is 11.7. The minimum absolute atomic E-state index is 0.0382. The lowest BCUT2D eigenvalue weighted by molar-refractivity contribution is 0.0698. The van der Waals surface area contributed by atoms with Crippen LogP contribution in [0, 0.1) is 12.7 Å². The van der Waals surface area contributed by atoms with Crippen LogP contribution in [0.5, 0.6) is 0 Å². The van der Waals surface area contributed by atoms with Gasteiger partial charge in [-0.15, -0.1) is 0 Å². The van der Waals surface area contributed by atoms with Crippen LogP contribution in [0.1, 0.15) is 28.4 Å². The van der Waals surface area contributed by atoms with Gasteiger partial charge in [-0.1, -0.05) is 23.8 Å². The van der Waals surface area contributed by atoms with Crippen molar-refractivity contribution in [1.82, 2.24) is 0 Å². The molecule has 0 aliphatic heterocycles. The Morgan fingerprint density at radius 3 is 2.52 bits per heavy atom. The zero-order valence-electron chi connectivity index (χ0n) is 12.1. The van der Waals surface area contributed by atoms with Crippen LogP contribution in [0.2, 0.25) is 0 Å². The molecule has 0 aliphatic carbocycles. The molecule has 0 saturated carbocycles. The highest BCUT2D eigenvalue weighted by molar-refractivity contribution is 5.94. The summed E-state index contributed by atoms with van der Waals surface area (Å²) in [5.74, 6) is -1.21. The van der Waals surface area contributed by atoms with Crippen LogP contribution in [-0.2, 0) is 6.42 Å². The summed E-state index contributed by atoms with van der Waals surface area (Å²) in [5, 5.41) is 12.4. The normalized spacial score (nSPS) is 12.0. The van der Waals surface area contributed by atoms with Crippen molar-refractivity contribution in [3.63, 3.8) is 0 Å². The molecule has 3 nitrogen and oxygen atoms in total. The van der Waals surface area contributed by atoms with Crippen molar-refractivity contribution in [2.75, 3.05) is 5.32 Å². The van der Waals surface area contributed by atoms with E-state index in [0.717, 1.165) is 11.1 Å². The van der Waals surface area contributed by atoms with E-state index in [9.17, 15) is 14.3 Å².